The Labute approximate surface area is 265 Å². The van der Waals surface area contributed by atoms with E-state index in [1.165, 1.54) is 31.8 Å². The normalized spacial score (nSPS) is 23.1. The van der Waals surface area contributed by atoms with E-state index in [0.717, 1.165) is 51.9 Å². The zero-order valence-corrected chi connectivity index (χ0v) is 25.3. The van der Waals surface area contributed by atoms with E-state index < -0.39 is 0 Å². The summed E-state index contributed by atoms with van der Waals surface area (Å²) in [7, 11) is 0. The van der Waals surface area contributed by atoms with Crippen LogP contribution in [0.4, 0.5) is 11.4 Å². The number of nitrogens with zero attached hydrogens (tertiary/aromatic N) is 3. The number of hydrogen-bond acceptors (Lipinski definition) is 5. The van der Waals surface area contributed by atoms with E-state index in [1.54, 1.807) is 6.33 Å². The summed E-state index contributed by atoms with van der Waals surface area (Å²) in [5.41, 5.74) is 9.62. The number of furan rings is 1. The molecule has 4 unspecified atom stereocenters. The average molecular weight is 600 g/mol. The van der Waals surface area contributed by atoms with Gasteiger partial charge in [0.2, 0.25) is 0 Å². The number of benzene rings is 3. The number of rotatable bonds is 3. The highest BCUT2D eigenvalue weighted by Gasteiger charge is 2.37. The molecule has 5 heteroatoms. The molecule has 0 bridgehead atoms. The minimum absolute atomic E-state index is 0.249. The lowest BCUT2D eigenvalue weighted by Crippen LogP contribution is -2.28. The van der Waals surface area contributed by atoms with Crippen molar-refractivity contribution < 1.29 is 4.42 Å². The first kappa shape index (κ1) is 25.3. The van der Waals surface area contributed by atoms with Crippen molar-refractivity contribution in [1.29, 1.82) is 0 Å². The number of thiophene rings is 1. The van der Waals surface area contributed by atoms with Gasteiger partial charge in [0, 0.05) is 43.7 Å². The Bertz CT molecular complexity index is 2330. The van der Waals surface area contributed by atoms with Crippen LogP contribution < -0.4 is 4.90 Å². The quantitative estimate of drug-likeness (QED) is 0.203. The summed E-state index contributed by atoms with van der Waals surface area (Å²) in [4.78, 5) is 13.5. The first-order valence-corrected chi connectivity index (χ1v) is 16.6. The standard InChI is InChI=1S/C40H29N3OS/c1-4-16-33-28(11-1)29-12-2-5-17-34(29)43(33)26-19-20-35-32(22-26)38-39(44-35)37(41-23-42-38)25-10-7-9-24(21-25)27-14-8-15-31-30-13-3-6-18-36(30)45-40(27)31/h1-8,10-13,15-24,27-28,33H,9,14H2. The molecule has 4 heterocycles. The number of anilines is 2. The molecule has 3 aromatic heterocycles. The fourth-order valence-corrected chi connectivity index (χ4v) is 9.38. The van der Waals surface area contributed by atoms with Crippen LogP contribution in [0, 0.1) is 5.92 Å². The summed E-state index contributed by atoms with van der Waals surface area (Å²) in [5.74, 6) is 1.19. The lowest BCUT2D eigenvalue weighted by Gasteiger charge is -2.28. The highest BCUT2D eigenvalue weighted by Crippen LogP contribution is 2.49. The molecule has 1 aliphatic heterocycles. The summed E-state index contributed by atoms with van der Waals surface area (Å²) < 4.78 is 7.93. The van der Waals surface area contributed by atoms with Crippen molar-refractivity contribution in [2.24, 2.45) is 5.92 Å². The molecule has 0 N–H and O–H groups in total. The molecule has 0 fully saturated rings. The number of allylic oxidation sites excluding steroid dienone is 7. The monoisotopic (exact) mass is 599 g/mol. The fourth-order valence-electron chi connectivity index (χ4n) is 8.00. The Kier molecular flexibility index (Phi) is 5.49. The van der Waals surface area contributed by atoms with E-state index >= 15 is 0 Å². The SMILES string of the molecule is C1=CC2c3ccccc3N(c3ccc4oc5c(C6=CC(C7CC=Cc8c7sc7ccccc87)CC=C6)ncnc5c4c3)C2C=C1. The van der Waals surface area contributed by atoms with E-state index in [4.69, 9.17) is 14.4 Å². The van der Waals surface area contributed by atoms with E-state index in [1.807, 2.05) is 11.3 Å². The summed E-state index contributed by atoms with van der Waals surface area (Å²) >= 11 is 1.96. The van der Waals surface area contributed by atoms with Gasteiger partial charge in [-0.05, 0) is 65.6 Å². The smallest absolute Gasteiger partial charge is 0.180 e. The van der Waals surface area contributed by atoms with Crippen molar-refractivity contribution in [3.05, 3.63) is 143 Å². The number of fused-ring (bicyclic) bond motifs is 9. The van der Waals surface area contributed by atoms with E-state index in [9.17, 15) is 0 Å². The maximum absolute atomic E-state index is 6.55. The van der Waals surface area contributed by atoms with Gasteiger partial charge in [0.05, 0.1) is 6.04 Å². The summed E-state index contributed by atoms with van der Waals surface area (Å²) in [6.45, 7) is 0. The molecule has 4 nitrogen and oxygen atoms in total. The molecule has 4 atom stereocenters. The summed E-state index contributed by atoms with van der Waals surface area (Å²) in [6.07, 6.45) is 24.4. The molecule has 6 aromatic rings. The van der Waals surface area contributed by atoms with Gasteiger partial charge in [-0.15, -0.1) is 11.3 Å². The number of hydrogen-bond donors (Lipinski definition) is 0. The molecular weight excluding hydrogens is 571 g/mol. The minimum atomic E-state index is 0.249. The maximum atomic E-state index is 6.55. The molecule has 0 saturated carbocycles. The van der Waals surface area contributed by atoms with Gasteiger partial charge in [-0.1, -0.05) is 91.1 Å². The molecule has 3 aromatic carbocycles. The van der Waals surface area contributed by atoms with Gasteiger partial charge in [0.25, 0.3) is 0 Å². The highest BCUT2D eigenvalue weighted by molar-refractivity contribution is 7.19. The Morgan fingerprint density at radius 2 is 1.73 bits per heavy atom. The van der Waals surface area contributed by atoms with Crippen LogP contribution in [-0.2, 0) is 0 Å². The van der Waals surface area contributed by atoms with E-state index in [2.05, 4.69) is 126 Å². The van der Waals surface area contributed by atoms with Crippen LogP contribution in [0.2, 0.25) is 0 Å². The molecule has 45 heavy (non-hydrogen) atoms. The van der Waals surface area contributed by atoms with Gasteiger partial charge >= 0.3 is 0 Å². The summed E-state index contributed by atoms with van der Waals surface area (Å²) in [5, 5.41) is 2.39. The number of para-hydroxylation sites is 1. The Balaban J connectivity index is 1.05. The predicted molar refractivity (Wildman–Crippen MR) is 186 cm³/mol. The van der Waals surface area contributed by atoms with Gasteiger partial charge in [0.1, 0.15) is 23.1 Å². The topological polar surface area (TPSA) is 42.2 Å². The second kappa shape index (κ2) is 9.75. The Hall–Kier alpha value is -5.00. The number of aromatic nitrogens is 2. The summed E-state index contributed by atoms with van der Waals surface area (Å²) in [6, 6.07) is 24.3. The van der Waals surface area contributed by atoms with Gasteiger partial charge in [0.15, 0.2) is 5.58 Å². The van der Waals surface area contributed by atoms with Gasteiger partial charge in [-0.2, -0.15) is 0 Å². The molecule has 216 valence electrons. The third-order valence-electron chi connectivity index (χ3n) is 10.0. The van der Waals surface area contributed by atoms with Crippen molar-refractivity contribution in [1.82, 2.24) is 9.97 Å². The Morgan fingerprint density at radius 3 is 2.73 bits per heavy atom. The van der Waals surface area contributed by atoms with E-state index in [-0.39, 0.29) is 6.04 Å². The lowest BCUT2D eigenvalue weighted by molar-refractivity contribution is 0.518. The molecule has 0 spiro atoms. The molecule has 0 saturated heterocycles. The lowest BCUT2D eigenvalue weighted by atomic mass is 9.78. The van der Waals surface area contributed by atoms with Crippen molar-refractivity contribution >= 4 is 66.5 Å². The van der Waals surface area contributed by atoms with Crippen molar-refractivity contribution in [2.75, 3.05) is 4.90 Å². The fraction of sp³-hybridized carbons (Fsp3) is 0.150. The van der Waals surface area contributed by atoms with Gasteiger partial charge < -0.3 is 9.32 Å². The molecule has 0 amide bonds. The highest BCUT2D eigenvalue weighted by atomic mass is 32.1. The third kappa shape index (κ3) is 3.77. The van der Waals surface area contributed by atoms with Gasteiger partial charge in [-0.3, -0.25) is 0 Å². The van der Waals surface area contributed by atoms with Crippen LogP contribution in [0.15, 0.2) is 126 Å². The molecule has 10 rings (SSSR count). The first-order valence-electron chi connectivity index (χ1n) is 15.8. The Morgan fingerprint density at radius 1 is 0.844 bits per heavy atom. The van der Waals surface area contributed by atoms with Crippen LogP contribution in [0.1, 0.15) is 46.4 Å². The average Bonchev–Trinajstić information content (AvgIpc) is 3.77. The van der Waals surface area contributed by atoms with Crippen LogP contribution in [0.5, 0.6) is 0 Å². The molecule has 4 aliphatic rings. The second-order valence-electron chi connectivity index (χ2n) is 12.4. The van der Waals surface area contributed by atoms with Crippen LogP contribution in [-0.4, -0.2) is 16.0 Å². The minimum Gasteiger partial charge on any atom is -0.452 e. The van der Waals surface area contributed by atoms with Gasteiger partial charge in [-0.25, -0.2) is 9.97 Å². The molecular formula is C40H29N3OS. The molecule has 0 radical (unpaired) electrons. The third-order valence-corrected chi connectivity index (χ3v) is 11.4. The second-order valence-corrected chi connectivity index (χ2v) is 13.5. The van der Waals surface area contributed by atoms with Crippen molar-refractivity contribution in [3.8, 4) is 0 Å². The largest absolute Gasteiger partial charge is 0.452 e. The zero-order chi connectivity index (χ0) is 29.5. The van der Waals surface area contributed by atoms with E-state index in [0.29, 0.717) is 17.8 Å². The zero-order valence-electron chi connectivity index (χ0n) is 24.5. The van der Waals surface area contributed by atoms with Crippen molar-refractivity contribution in [3.63, 3.8) is 0 Å². The molecule has 3 aliphatic carbocycles. The van der Waals surface area contributed by atoms with Crippen LogP contribution in [0.25, 0.3) is 43.8 Å². The maximum Gasteiger partial charge on any atom is 0.180 e. The van der Waals surface area contributed by atoms with Crippen molar-refractivity contribution in [2.45, 2.75) is 30.7 Å². The predicted octanol–water partition coefficient (Wildman–Crippen LogP) is 10.5. The van der Waals surface area contributed by atoms with Crippen LogP contribution in [0.3, 0.4) is 0 Å². The first-order chi connectivity index (χ1) is 22.3. The van der Waals surface area contributed by atoms with Crippen LogP contribution >= 0.6 is 11.3 Å².